The lowest BCUT2D eigenvalue weighted by molar-refractivity contribution is 0.0685. The van der Waals surface area contributed by atoms with Crippen LogP contribution in [0.4, 0.5) is 0 Å². The van der Waals surface area contributed by atoms with Crippen LogP contribution in [-0.4, -0.2) is 20.9 Å². The van der Waals surface area contributed by atoms with Gasteiger partial charge in [-0.15, -0.1) is 0 Å². The Morgan fingerprint density at radius 1 is 1.44 bits per heavy atom. The average Bonchev–Trinajstić information content (AvgIpc) is 2.61. The van der Waals surface area contributed by atoms with Gasteiger partial charge in [0.05, 0.1) is 5.69 Å². The summed E-state index contributed by atoms with van der Waals surface area (Å²) in [5, 5.41) is 13.3. The Morgan fingerprint density at radius 2 is 2.06 bits per heavy atom. The van der Waals surface area contributed by atoms with Crippen LogP contribution in [0.25, 0.3) is 0 Å². The average molecular weight is 222 g/mol. The maximum atomic E-state index is 10.9. The Hall–Kier alpha value is -1.32. The minimum absolute atomic E-state index is 0.286. The van der Waals surface area contributed by atoms with Gasteiger partial charge in [-0.25, -0.2) is 4.79 Å². The third-order valence-corrected chi connectivity index (χ3v) is 3.55. The summed E-state index contributed by atoms with van der Waals surface area (Å²) in [5.41, 5.74) is 1.24. The number of hydrogen-bond acceptors (Lipinski definition) is 2. The van der Waals surface area contributed by atoms with E-state index in [0.29, 0.717) is 5.92 Å². The fraction of sp³-hybridized carbons (Fsp3) is 0.667. The molecule has 0 atom stereocenters. The van der Waals surface area contributed by atoms with E-state index in [9.17, 15) is 4.79 Å². The monoisotopic (exact) mass is 222 g/mol. The van der Waals surface area contributed by atoms with E-state index in [0.717, 1.165) is 24.5 Å². The normalized spacial score (nSPS) is 25.6. The van der Waals surface area contributed by atoms with Gasteiger partial charge in [-0.1, -0.05) is 19.8 Å². The fourth-order valence-corrected chi connectivity index (χ4v) is 2.44. The lowest BCUT2D eigenvalue weighted by Gasteiger charge is -2.24. The molecule has 88 valence electrons. The van der Waals surface area contributed by atoms with E-state index in [-0.39, 0.29) is 5.69 Å². The van der Waals surface area contributed by atoms with Crippen LogP contribution >= 0.6 is 0 Å². The summed E-state index contributed by atoms with van der Waals surface area (Å²) in [4.78, 5) is 10.9. The lowest BCUT2D eigenvalue weighted by Crippen LogP contribution is -2.11. The van der Waals surface area contributed by atoms with Gasteiger partial charge in [0.15, 0.2) is 0 Å². The predicted octanol–water partition coefficient (Wildman–Crippen LogP) is 2.41. The maximum absolute atomic E-state index is 10.9. The SMILES string of the molecule is CC1CCC(c2cc(C(=O)O)n(C)n2)CC1. The number of rotatable bonds is 2. The molecule has 0 saturated heterocycles. The summed E-state index contributed by atoms with van der Waals surface area (Å²) >= 11 is 0. The molecular weight excluding hydrogens is 204 g/mol. The molecule has 16 heavy (non-hydrogen) atoms. The number of aromatic carboxylic acids is 1. The quantitative estimate of drug-likeness (QED) is 0.836. The number of aryl methyl sites for hydroxylation is 1. The first-order valence-electron chi connectivity index (χ1n) is 5.85. The van der Waals surface area contributed by atoms with Crippen LogP contribution in [0.1, 0.15) is 54.7 Å². The van der Waals surface area contributed by atoms with E-state index in [2.05, 4.69) is 12.0 Å². The second kappa shape index (κ2) is 4.28. The van der Waals surface area contributed by atoms with Crippen LogP contribution in [0.2, 0.25) is 0 Å². The van der Waals surface area contributed by atoms with Crippen molar-refractivity contribution in [3.63, 3.8) is 0 Å². The van der Waals surface area contributed by atoms with Gasteiger partial charge in [0.25, 0.3) is 0 Å². The van der Waals surface area contributed by atoms with Crippen molar-refractivity contribution in [2.24, 2.45) is 13.0 Å². The molecule has 1 fully saturated rings. The second-order valence-electron chi connectivity index (χ2n) is 4.84. The van der Waals surface area contributed by atoms with E-state index in [1.165, 1.54) is 17.5 Å². The molecule has 4 nitrogen and oxygen atoms in total. The third kappa shape index (κ3) is 2.10. The molecule has 0 aromatic carbocycles. The molecule has 2 rings (SSSR count). The van der Waals surface area contributed by atoms with Crippen LogP contribution < -0.4 is 0 Å². The van der Waals surface area contributed by atoms with Crippen LogP contribution in [0, 0.1) is 5.92 Å². The molecule has 1 heterocycles. The molecule has 0 unspecified atom stereocenters. The molecule has 0 bridgehead atoms. The molecular formula is C12H18N2O2. The summed E-state index contributed by atoms with van der Waals surface area (Å²) in [6, 6.07) is 1.73. The summed E-state index contributed by atoms with van der Waals surface area (Å²) in [6.45, 7) is 2.28. The number of nitrogens with zero attached hydrogens (tertiary/aromatic N) is 2. The van der Waals surface area contributed by atoms with Crippen LogP contribution in [0.15, 0.2) is 6.07 Å². The molecule has 1 aromatic rings. The van der Waals surface area contributed by atoms with E-state index in [1.54, 1.807) is 13.1 Å². The van der Waals surface area contributed by atoms with Gasteiger partial charge in [0, 0.05) is 13.0 Å². The molecule has 0 aliphatic heterocycles. The Labute approximate surface area is 95.3 Å². The van der Waals surface area contributed by atoms with Crippen LogP contribution in [0.3, 0.4) is 0 Å². The first kappa shape index (κ1) is 11.2. The van der Waals surface area contributed by atoms with Crippen molar-refractivity contribution in [1.29, 1.82) is 0 Å². The third-order valence-electron chi connectivity index (χ3n) is 3.55. The molecule has 0 amide bonds. The molecule has 1 N–H and O–H groups in total. The second-order valence-corrected chi connectivity index (χ2v) is 4.84. The smallest absolute Gasteiger partial charge is 0.354 e. The van der Waals surface area contributed by atoms with Gasteiger partial charge in [-0.05, 0) is 24.8 Å². The number of carbonyl (C=O) groups is 1. The largest absolute Gasteiger partial charge is 0.477 e. The molecule has 1 aliphatic carbocycles. The van der Waals surface area contributed by atoms with Crippen LogP contribution in [0.5, 0.6) is 0 Å². The van der Waals surface area contributed by atoms with Crippen molar-refractivity contribution in [3.8, 4) is 0 Å². The number of hydrogen-bond donors (Lipinski definition) is 1. The van der Waals surface area contributed by atoms with Crippen molar-refractivity contribution in [1.82, 2.24) is 9.78 Å². The highest BCUT2D eigenvalue weighted by atomic mass is 16.4. The molecule has 0 radical (unpaired) electrons. The zero-order valence-corrected chi connectivity index (χ0v) is 9.81. The zero-order chi connectivity index (χ0) is 11.7. The van der Waals surface area contributed by atoms with Crippen molar-refractivity contribution < 1.29 is 9.90 Å². The summed E-state index contributed by atoms with van der Waals surface area (Å²) < 4.78 is 1.47. The fourth-order valence-electron chi connectivity index (χ4n) is 2.44. The van der Waals surface area contributed by atoms with E-state index < -0.39 is 5.97 Å². The Balaban J connectivity index is 2.15. The number of aromatic nitrogens is 2. The van der Waals surface area contributed by atoms with E-state index in [1.807, 2.05) is 0 Å². The standard InChI is InChI=1S/C12H18N2O2/c1-8-3-5-9(6-4-8)10-7-11(12(15)16)14(2)13-10/h7-9H,3-6H2,1-2H3,(H,15,16). The highest BCUT2D eigenvalue weighted by molar-refractivity contribution is 5.85. The minimum atomic E-state index is -0.898. The van der Waals surface area contributed by atoms with Gasteiger partial charge in [0.2, 0.25) is 0 Å². The topological polar surface area (TPSA) is 55.1 Å². The van der Waals surface area contributed by atoms with Crippen molar-refractivity contribution >= 4 is 5.97 Å². The number of carboxylic acid groups (broad SMARTS) is 1. The predicted molar refractivity (Wildman–Crippen MR) is 60.5 cm³/mol. The van der Waals surface area contributed by atoms with Crippen molar-refractivity contribution in [3.05, 3.63) is 17.5 Å². The van der Waals surface area contributed by atoms with Crippen molar-refractivity contribution in [2.45, 2.75) is 38.5 Å². The number of carboxylic acids is 1. The Kier molecular flexibility index (Phi) is 2.99. The summed E-state index contributed by atoms with van der Waals surface area (Å²) in [7, 11) is 1.69. The van der Waals surface area contributed by atoms with Gasteiger partial charge < -0.3 is 5.11 Å². The van der Waals surface area contributed by atoms with Crippen LogP contribution in [-0.2, 0) is 7.05 Å². The van der Waals surface area contributed by atoms with Gasteiger partial charge in [-0.3, -0.25) is 4.68 Å². The van der Waals surface area contributed by atoms with Gasteiger partial charge in [-0.2, -0.15) is 5.10 Å². The molecule has 0 spiro atoms. The first-order valence-corrected chi connectivity index (χ1v) is 5.85. The van der Waals surface area contributed by atoms with Gasteiger partial charge in [0.1, 0.15) is 5.69 Å². The summed E-state index contributed by atoms with van der Waals surface area (Å²) in [6.07, 6.45) is 4.72. The minimum Gasteiger partial charge on any atom is -0.477 e. The molecule has 1 aromatic heterocycles. The zero-order valence-electron chi connectivity index (χ0n) is 9.81. The van der Waals surface area contributed by atoms with E-state index >= 15 is 0 Å². The lowest BCUT2D eigenvalue weighted by atomic mass is 9.81. The molecule has 1 saturated carbocycles. The molecule has 1 aliphatic rings. The Morgan fingerprint density at radius 3 is 2.56 bits per heavy atom. The summed E-state index contributed by atoms with van der Waals surface area (Å²) in [5.74, 6) is 0.361. The maximum Gasteiger partial charge on any atom is 0.354 e. The van der Waals surface area contributed by atoms with E-state index in [4.69, 9.17) is 5.11 Å². The Bertz CT molecular complexity index is 390. The highest BCUT2D eigenvalue weighted by Gasteiger charge is 2.23. The highest BCUT2D eigenvalue weighted by Crippen LogP contribution is 2.34. The van der Waals surface area contributed by atoms with Gasteiger partial charge >= 0.3 is 5.97 Å². The molecule has 4 heteroatoms. The first-order chi connectivity index (χ1) is 7.58. The van der Waals surface area contributed by atoms with Crippen molar-refractivity contribution in [2.75, 3.05) is 0 Å².